The van der Waals surface area contributed by atoms with E-state index in [1.807, 2.05) is 31.1 Å². The molecule has 10 heteroatoms. The molecule has 31 heavy (non-hydrogen) atoms. The second-order valence-corrected chi connectivity index (χ2v) is 10.1. The summed E-state index contributed by atoms with van der Waals surface area (Å²) in [5.41, 5.74) is 0.711. The number of carboxylic acids is 1. The van der Waals surface area contributed by atoms with E-state index in [9.17, 15) is 19.8 Å². The first kappa shape index (κ1) is 21.9. The average molecular weight is 447 g/mol. The number of thioether (sulfide) groups is 1. The number of aliphatic hydroxyl groups excluding tert-OH is 1. The lowest BCUT2D eigenvalue weighted by molar-refractivity contribution is -0.697. The molecule has 0 radical (unpaired) electrons. The van der Waals surface area contributed by atoms with E-state index in [1.54, 1.807) is 23.3 Å². The number of aromatic nitrogens is 2. The molecule has 3 aliphatic heterocycles. The summed E-state index contributed by atoms with van der Waals surface area (Å²) in [5, 5.41) is 32.6. The molecular formula is C21H28N5O4S+. The van der Waals surface area contributed by atoms with Crippen molar-refractivity contribution in [3.8, 4) is 6.07 Å². The minimum absolute atomic E-state index is 0.0942. The predicted octanol–water partition coefficient (Wildman–Crippen LogP) is 0.192. The Morgan fingerprint density at radius 3 is 2.87 bits per heavy atom. The highest BCUT2D eigenvalue weighted by atomic mass is 32.2. The number of hydrogen-bond donors (Lipinski definition) is 3. The van der Waals surface area contributed by atoms with Gasteiger partial charge in [0.05, 0.1) is 31.7 Å². The molecule has 0 spiro atoms. The lowest BCUT2D eigenvalue weighted by Crippen LogP contribution is -2.63. The molecular weight excluding hydrogens is 418 g/mol. The molecule has 3 N–H and O–H groups in total. The highest BCUT2D eigenvalue weighted by molar-refractivity contribution is 8.03. The number of fused-ring (bicyclic) bond motifs is 1. The minimum atomic E-state index is -1.08. The number of β-lactam (4-membered cyclic amide) rings is 1. The molecule has 6 atom stereocenters. The SMILES string of the molecule is C[C@@H](O)[C@H]1C(=O)N2C(C(=O)O)=C(S[C@@H]3CN[C@H](CC[n+]4cc(C#N)n(C)c4)C3)[C@H](C)[C@H]12. The van der Waals surface area contributed by atoms with Crippen molar-refractivity contribution in [2.75, 3.05) is 6.54 Å². The summed E-state index contributed by atoms with van der Waals surface area (Å²) in [5.74, 6) is -2.00. The lowest BCUT2D eigenvalue weighted by Gasteiger charge is -2.46. The van der Waals surface area contributed by atoms with Gasteiger partial charge in [0.2, 0.25) is 17.9 Å². The summed E-state index contributed by atoms with van der Waals surface area (Å²) in [6.07, 6.45) is 4.78. The Hall–Kier alpha value is -2.35. The molecule has 3 aliphatic rings. The number of imidazole rings is 1. The van der Waals surface area contributed by atoms with Gasteiger partial charge in [0.15, 0.2) is 0 Å². The summed E-state index contributed by atoms with van der Waals surface area (Å²) < 4.78 is 3.81. The van der Waals surface area contributed by atoms with E-state index in [1.165, 1.54) is 4.90 Å². The topological polar surface area (TPSA) is 122 Å². The van der Waals surface area contributed by atoms with Gasteiger partial charge in [-0.05, 0) is 13.3 Å². The van der Waals surface area contributed by atoms with Crippen molar-refractivity contribution in [3.63, 3.8) is 0 Å². The highest BCUT2D eigenvalue weighted by Gasteiger charge is 2.60. The maximum Gasteiger partial charge on any atom is 0.353 e. The predicted molar refractivity (Wildman–Crippen MR) is 112 cm³/mol. The molecule has 9 nitrogen and oxygen atoms in total. The van der Waals surface area contributed by atoms with E-state index in [4.69, 9.17) is 5.26 Å². The molecule has 1 amide bonds. The van der Waals surface area contributed by atoms with E-state index in [-0.39, 0.29) is 28.8 Å². The zero-order valence-electron chi connectivity index (χ0n) is 17.9. The number of aryl methyl sites for hydroxylation is 2. The molecule has 0 saturated carbocycles. The molecule has 0 aromatic carbocycles. The average Bonchev–Trinajstić information content (AvgIpc) is 3.36. The van der Waals surface area contributed by atoms with Gasteiger partial charge in [0.1, 0.15) is 18.0 Å². The molecule has 4 rings (SSSR count). The third-order valence-electron chi connectivity index (χ3n) is 6.63. The van der Waals surface area contributed by atoms with Crippen LogP contribution in [-0.4, -0.2) is 61.5 Å². The number of rotatable bonds is 7. The third-order valence-corrected chi connectivity index (χ3v) is 8.14. The fraction of sp³-hybridized carbons (Fsp3) is 0.619. The van der Waals surface area contributed by atoms with Crippen molar-refractivity contribution < 1.29 is 24.4 Å². The Labute approximate surface area is 185 Å². The maximum atomic E-state index is 12.5. The molecule has 166 valence electrons. The van der Waals surface area contributed by atoms with Crippen LogP contribution in [0.2, 0.25) is 0 Å². The number of nitrogens with one attached hydrogen (secondary N) is 1. The van der Waals surface area contributed by atoms with Gasteiger partial charge in [-0.3, -0.25) is 4.79 Å². The smallest absolute Gasteiger partial charge is 0.353 e. The van der Waals surface area contributed by atoms with E-state index in [0.29, 0.717) is 11.7 Å². The molecule has 1 aromatic heterocycles. The molecule has 0 unspecified atom stereocenters. The van der Waals surface area contributed by atoms with Crippen LogP contribution in [0.3, 0.4) is 0 Å². The van der Waals surface area contributed by atoms with Crippen LogP contribution in [0, 0.1) is 23.2 Å². The van der Waals surface area contributed by atoms with Crippen LogP contribution in [0.5, 0.6) is 0 Å². The maximum absolute atomic E-state index is 12.5. The summed E-state index contributed by atoms with van der Waals surface area (Å²) in [4.78, 5) is 26.5. The molecule has 2 saturated heterocycles. The molecule has 0 bridgehead atoms. The zero-order chi connectivity index (χ0) is 22.4. The van der Waals surface area contributed by atoms with Crippen molar-refractivity contribution in [3.05, 3.63) is 28.8 Å². The van der Waals surface area contributed by atoms with Crippen molar-refractivity contribution in [2.24, 2.45) is 18.9 Å². The van der Waals surface area contributed by atoms with Gasteiger partial charge in [0.25, 0.3) is 0 Å². The van der Waals surface area contributed by atoms with Gasteiger partial charge in [-0.2, -0.15) is 5.26 Å². The first-order valence-electron chi connectivity index (χ1n) is 10.6. The van der Waals surface area contributed by atoms with Crippen LogP contribution in [0.15, 0.2) is 23.1 Å². The number of amides is 1. The number of aliphatic carboxylic acids is 1. The second-order valence-electron chi connectivity index (χ2n) is 8.73. The molecule has 4 heterocycles. The number of carbonyl (C=O) groups is 2. The summed E-state index contributed by atoms with van der Waals surface area (Å²) in [6.45, 7) is 5.12. The number of nitrogens with zero attached hydrogens (tertiary/aromatic N) is 4. The fourth-order valence-electron chi connectivity index (χ4n) is 5.05. The number of nitriles is 1. The summed E-state index contributed by atoms with van der Waals surface area (Å²) in [6, 6.07) is 2.20. The quantitative estimate of drug-likeness (QED) is 0.404. The largest absolute Gasteiger partial charge is 0.477 e. The molecule has 0 aliphatic carbocycles. The van der Waals surface area contributed by atoms with Gasteiger partial charge in [-0.1, -0.05) is 6.92 Å². The Balaban J connectivity index is 1.39. The second kappa shape index (κ2) is 8.30. The Bertz CT molecular complexity index is 981. The Morgan fingerprint density at radius 1 is 1.52 bits per heavy atom. The number of carbonyl (C=O) groups excluding carboxylic acids is 1. The van der Waals surface area contributed by atoms with Gasteiger partial charge >= 0.3 is 5.97 Å². The van der Waals surface area contributed by atoms with Crippen molar-refractivity contribution in [1.82, 2.24) is 14.8 Å². The fourth-order valence-corrected chi connectivity index (χ4v) is 6.57. The first-order valence-corrected chi connectivity index (χ1v) is 11.4. The van der Waals surface area contributed by atoms with E-state index >= 15 is 0 Å². The van der Waals surface area contributed by atoms with E-state index in [2.05, 4.69) is 11.4 Å². The van der Waals surface area contributed by atoms with Crippen molar-refractivity contribution >= 4 is 23.6 Å². The highest BCUT2D eigenvalue weighted by Crippen LogP contribution is 2.51. The zero-order valence-corrected chi connectivity index (χ0v) is 18.7. The van der Waals surface area contributed by atoms with Crippen LogP contribution in [0.25, 0.3) is 0 Å². The summed E-state index contributed by atoms with van der Waals surface area (Å²) >= 11 is 1.57. The third kappa shape index (κ3) is 3.75. The number of carboxylic acid groups (broad SMARTS) is 1. The van der Waals surface area contributed by atoms with Crippen LogP contribution < -0.4 is 9.88 Å². The number of aliphatic hydroxyl groups is 1. The van der Waals surface area contributed by atoms with E-state index in [0.717, 1.165) is 30.8 Å². The Kier molecular flexibility index (Phi) is 5.85. The Morgan fingerprint density at radius 2 is 2.26 bits per heavy atom. The van der Waals surface area contributed by atoms with Gasteiger partial charge in [0, 0.05) is 35.1 Å². The summed E-state index contributed by atoms with van der Waals surface area (Å²) in [7, 11) is 1.85. The van der Waals surface area contributed by atoms with Gasteiger partial charge in [-0.15, -0.1) is 11.8 Å². The van der Waals surface area contributed by atoms with Gasteiger partial charge < -0.3 is 20.4 Å². The lowest BCUT2D eigenvalue weighted by atomic mass is 9.79. The van der Waals surface area contributed by atoms with Crippen LogP contribution in [0.1, 0.15) is 32.4 Å². The molecule has 1 aromatic rings. The van der Waals surface area contributed by atoms with Crippen molar-refractivity contribution in [2.45, 2.75) is 56.7 Å². The monoisotopic (exact) mass is 446 g/mol. The van der Waals surface area contributed by atoms with Crippen LogP contribution in [0.4, 0.5) is 0 Å². The van der Waals surface area contributed by atoms with Gasteiger partial charge in [-0.25, -0.2) is 13.9 Å². The first-order chi connectivity index (χ1) is 14.7. The number of hydrogen-bond acceptors (Lipinski definition) is 6. The van der Waals surface area contributed by atoms with E-state index < -0.39 is 18.0 Å². The van der Waals surface area contributed by atoms with Crippen molar-refractivity contribution in [1.29, 1.82) is 5.26 Å². The minimum Gasteiger partial charge on any atom is -0.477 e. The molecule has 2 fully saturated rings. The van der Waals surface area contributed by atoms with Crippen LogP contribution in [-0.2, 0) is 23.2 Å². The normalized spacial score (nSPS) is 30.9. The van der Waals surface area contributed by atoms with Crippen LogP contribution >= 0.6 is 11.8 Å². The standard InChI is InChI=1S/C21H27N5O4S/c1-11-17-16(12(2)27)20(28)26(17)18(21(29)30)19(11)31-15-6-13(23-8-15)4-5-25-9-14(7-22)24(3)10-25/h9-13,15-17,23,27H,4-6,8H2,1-3H3/p+1/t11-,12-,13-,15+,16-,17-/m1/s1.